The van der Waals surface area contributed by atoms with Crippen molar-refractivity contribution in [2.45, 2.75) is 0 Å². The molecule has 0 saturated carbocycles. The monoisotopic (exact) mass is 160 g/mol. The van der Waals surface area contributed by atoms with Crippen molar-refractivity contribution >= 4 is 11.6 Å². The van der Waals surface area contributed by atoms with Crippen LogP contribution in [0.1, 0.15) is 0 Å². The first-order chi connectivity index (χ1) is 5.75. The lowest BCUT2D eigenvalue weighted by Crippen LogP contribution is -2.23. The quantitative estimate of drug-likeness (QED) is 0.602. The number of carbonyl (C=O) groups is 1. The Kier molecular flexibility index (Phi) is 2.64. The fourth-order valence-electron chi connectivity index (χ4n) is 0.857. The standard InChI is InChI=1S/C10H10NO/c1-3-10(12)11(2)9-7-5-4-6-8-9/h3-5,7-8H,1H2,2H3. The minimum absolute atomic E-state index is 0.116. The normalized spacial score (nSPS) is 9.08. The highest BCUT2D eigenvalue weighted by Gasteiger charge is 2.04. The van der Waals surface area contributed by atoms with E-state index < -0.39 is 0 Å². The lowest BCUT2D eigenvalue weighted by atomic mass is 10.3. The van der Waals surface area contributed by atoms with Crippen molar-refractivity contribution in [2.75, 3.05) is 11.9 Å². The van der Waals surface area contributed by atoms with E-state index in [1.54, 1.807) is 19.2 Å². The van der Waals surface area contributed by atoms with Crippen molar-refractivity contribution in [2.24, 2.45) is 0 Å². The first-order valence-corrected chi connectivity index (χ1v) is 3.62. The van der Waals surface area contributed by atoms with Gasteiger partial charge in [-0.1, -0.05) is 18.7 Å². The van der Waals surface area contributed by atoms with Gasteiger partial charge in [-0.25, -0.2) is 0 Å². The molecule has 0 spiro atoms. The molecule has 0 heterocycles. The van der Waals surface area contributed by atoms with Crippen molar-refractivity contribution in [3.8, 4) is 0 Å². The molecule has 0 aliphatic heterocycles. The summed E-state index contributed by atoms with van der Waals surface area (Å²) in [6.45, 7) is 3.41. The minimum atomic E-state index is -0.116. The smallest absolute Gasteiger partial charge is 0.250 e. The molecule has 61 valence electrons. The summed E-state index contributed by atoms with van der Waals surface area (Å²) in [6, 6.07) is 10.1. The van der Waals surface area contributed by atoms with Gasteiger partial charge in [0, 0.05) is 12.7 Å². The third-order valence-corrected chi connectivity index (χ3v) is 1.58. The van der Waals surface area contributed by atoms with Crippen LogP contribution in [0.4, 0.5) is 5.69 Å². The fourth-order valence-corrected chi connectivity index (χ4v) is 0.857. The van der Waals surface area contributed by atoms with Crippen LogP contribution >= 0.6 is 0 Å². The van der Waals surface area contributed by atoms with Crippen LogP contribution in [-0.2, 0) is 4.79 Å². The Hall–Kier alpha value is -1.57. The Labute approximate surface area is 72.1 Å². The second-order valence-corrected chi connectivity index (χ2v) is 2.36. The number of benzene rings is 1. The Morgan fingerprint density at radius 1 is 1.75 bits per heavy atom. The van der Waals surface area contributed by atoms with Crippen LogP contribution < -0.4 is 4.90 Å². The summed E-state index contributed by atoms with van der Waals surface area (Å²) in [4.78, 5) is 12.6. The zero-order valence-corrected chi connectivity index (χ0v) is 6.95. The molecule has 0 fully saturated rings. The van der Waals surface area contributed by atoms with E-state index >= 15 is 0 Å². The first kappa shape index (κ1) is 8.53. The molecule has 0 saturated heterocycles. The third-order valence-electron chi connectivity index (χ3n) is 1.58. The van der Waals surface area contributed by atoms with Gasteiger partial charge in [-0.2, -0.15) is 0 Å². The van der Waals surface area contributed by atoms with Crippen molar-refractivity contribution in [3.05, 3.63) is 43.0 Å². The van der Waals surface area contributed by atoms with Gasteiger partial charge in [0.1, 0.15) is 0 Å². The molecule has 2 nitrogen and oxygen atoms in total. The predicted molar refractivity (Wildman–Crippen MR) is 48.9 cm³/mol. The van der Waals surface area contributed by atoms with Gasteiger partial charge in [-0.05, 0) is 24.3 Å². The van der Waals surface area contributed by atoms with Crippen molar-refractivity contribution < 1.29 is 4.79 Å². The molecule has 0 aliphatic carbocycles. The van der Waals surface area contributed by atoms with Gasteiger partial charge in [-0.15, -0.1) is 0 Å². The molecular formula is C10H10NO. The van der Waals surface area contributed by atoms with Gasteiger partial charge in [0.15, 0.2) is 0 Å². The summed E-state index contributed by atoms with van der Waals surface area (Å²) in [7, 11) is 1.70. The number of anilines is 1. The van der Waals surface area contributed by atoms with Gasteiger partial charge in [0.05, 0.1) is 0 Å². The van der Waals surface area contributed by atoms with Gasteiger partial charge >= 0.3 is 0 Å². The van der Waals surface area contributed by atoms with Gasteiger partial charge in [-0.3, -0.25) is 4.79 Å². The molecule has 0 N–H and O–H groups in total. The maximum absolute atomic E-state index is 11.1. The van der Waals surface area contributed by atoms with Gasteiger partial charge in [0.2, 0.25) is 5.91 Å². The summed E-state index contributed by atoms with van der Waals surface area (Å²) in [5, 5.41) is 0. The average molecular weight is 160 g/mol. The number of hydrogen-bond acceptors (Lipinski definition) is 1. The first-order valence-electron chi connectivity index (χ1n) is 3.62. The van der Waals surface area contributed by atoms with E-state index in [2.05, 4.69) is 12.6 Å². The summed E-state index contributed by atoms with van der Waals surface area (Å²) in [5.41, 5.74) is 0.822. The molecule has 0 atom stereocenters. The molecule has 2 heteroatoms. The molecule has 0 bridgehead atoms. The van der Waals surface area contributed by atoms with Crippen LogP contribution in [-0.4, -0.2) is 13.0 Å². The lowest BCUT2D eigenvalue weighted by molar-refractivity contribution is -0.113. The highest BCUT2D eigenvalue weighted by atomic mass is 16.2. The zero-order chi connectivity index (χ0) is 8.97. The second-order valence-electron chi connectivity index (χ2n) is 2.36. The summed E-state index contributed by atoms with van der Waals surface area (Å²) < 4.78 is 0. The van der Waals surface area contributed by atoms with Crippen molar-refractivity contribution in [1.82, 2.24) is 0 Å². The van der Waals surface area contributed by atoms with Crippen LogP contribution in [0.15, 0.2) is 36.9 Å². The molecule has 1 aromatic carbocycles. The molecule has 1 radical (unpaired) electrons. The summed E-state index contributed by atoms with van der Waals surface area (Å²) in [6.07, 6.45) is 1.28. The van der Waals surface area contributed by atoms with E-state index in [0.717, 1.165) is 5.69 Å². The summed E-state index contributed by atoms with van der Waals surface area (Å²) in [5.74, 6) is -0.116. The highest BCUT2D eigenvalue weighted by molar-refractivity contribution is 6.00. The number of nitrogens with zero attached hydrogens (tertiary/aromatic N) is 1. The topological polar surface area (TPSA) is 20.3 Å². The Morgan fingerprint density at radius 3 is 3.00 bits per heavy atom. The summed E-state index contributed by atoms with van der Waals surface area (Å²) >= 11 is 0. The van der Waals surface area contributed by atoms with E-state index in [0.29, 0.717) is 0 Å². The van der Waals surface area contributed by atoms with Crippen molar-refractivity contribution in [3.63, 3.8) is 0 Å². The number of hydrogen-bond donors (Lipinski definition) is 0. The molecule has 0 aliphatic rings. The molecule has 1 amide bonds. The molecule has 1 rings (SSSR count). The maximum atomic E-state index is 11.1. The number of amides is 1. The fraction of sp³-hybridized carbons (Fsp3) is 0.100. The van der Waals surface area contributed by atoms with Crippen LogP contribution in [0.25, 0.3) is 0 Å². The predicted octanol–water partition coefficient (Wildman–Crippen LogP) is 1.64. The van der Waals surface area contributed by atoms with E-state index in [1.807, 2.05) is 12.1 Å². The third kappa shape index (κ3) is 1.72. The largest absolute Gasteiger partial charge is 0.312 e. The Morgan fingerprint density at radius 2 is 2.50 bits per heavy atom. The Balaban J connectivity index is 2.85. The van der Waals surface area contributed by atoms with E-state index in [1.165, 1.54) is 11.0 Å². The second kappa shape index (κ2) is 3.72. The molecule has 12 heavy (non-hydrogen) atoms. The molecule has 0 aromatic heterocycles. The van der Waals surface area contributed by atoms with Crippen LogP contribution in [0.2, 0.25) is 0 Å². The average Bonchev–Trinajstić information content (AvgIpc) is 2.17. The number of likely N-dealkylation sites (N-methyl/N-ethyl adjacent to an activating group) is 1. The van der Waals surface area contributed by atoms with Crippen molar-refractivity contribution in [1.29, 1.82) is 0 Å². The van der Waals surface area contributed by atoms with Crippen LogP contribution in [0, 0.1) is 6.07 Å². The van der Waals surface area contributed by atoms with Gasteiger partial charge < -0.3 is 4.90 Å². The molecular weight excluding hydrogens is 150 g/mol. The van der Waals surface area contributed by atoms with E-state index in [9.17, 15) is 4.79 Å². The van der Waals surface area contributed by atoms with Crippen LogP contribution in [0.3, 0.4) is 0 Å². The Bertz CT molecular complexity index is 279. The maximum Gasteiger partial charge on any atom is 0.250 e. The molecule has 1 aromatic rings. The van der Waals surface area contributed by atoms with Crippen LogP contribution in [0.5, 0.6) is 0 Å². The number of carbonyl (C=O) groups excluding carboxylic acids is 1. The minimum Gasteiger partial charge on any atom is -0.312 e. The van der Waals surface area contributed by atoms with Gasteiger partial charge in [0.25, 0.3) is 0 Å². The number of rotatable bonds is 2. The van der Waals surface area contributed by atoms with E-state index in [4.69, 9.17) is 0 Å². The molecule has 0 unspecified atom stereocenters. The zero-order valence-electron chi connectivity index (χ0n) is 6.95. The lowest BCUT2D eigenvalue weighted by Gasteiger charge is -2.14. The SMILES string of the molecule is C=CC(=O)N(C)c1c[c]ccc1. The van der Waals surface area contributed by atoms with E-state index in [-0.39, 0.29) is 5.91 Å². The highest BCUT2D eigenvalue weighted by Crippen LogP contribution is 2.10.